The predicted molar refractivity (Wildman–Crippen MR) is 79.6 cm³/mol. The smallest absolute Gasteiger partial charge is 0.0434 e. The first-order valence-corrected chi connectivity index (χ1v) is 7.17. The van der Waals surface area contributed by atoms with Gasteiger partial charge in [0.05, 0.1) is 0 Å². The molecule has 2 aliphatic carbocycles. The summed E-state index contributed by atoms with van der Waals surface area (Å²) in [6.45, 7) is 1.17. The van der Waals surface area contributed by atoms with E-state index in [1.165, 1.54) is 50.6 Å². The number of benzene rings is 1. The van der Waals surface area contributed by atoms with Gasteiger partial charge in [-0.3, -0.25) is 0 Å². The predicted octanol–water partition coefficient (Wildman–Crippen LogP) is 4.53. The lowest BCUT2D eigenvalue weighted by atomic mass is 9.72. The Bertz CT molecular complexity index is 380. The van der Waals surface area contributed by atoms with Gasteiger partial charge in [0.2, 0.25) is 0 Å². The number of hydrogen-bond donors (Lipinski definition) is 1. The van der Waals surface area contributed by atoms with Crippen LogP contribution in [0.4, 0.5) is 0 Å². The molecule has 0 amide bonds. The van der Waals surface area contributed by atoms with E-state index in [-0.39, 0.29) is 17.9 Å². The van der Waals surface area contributed by atoms with Crippen molar-refractivity contribution in [2.45, 2.75) is 44.1 Å². The fourth-order valence-electron chi connectivity index (χ4n) is 2.79. The van der Waals surface area contributed by atoms with E-state index in [1.54, 1.807) is 0 Å². The van der Waals surface area contributed by atoms with Crippen molar-refractivity contribution >= 4 is 24.0 Å². The van der Waals surface area contributed by atoms with Gasteiger partial charge in [-0.1, -0.05) is 36.6 Å². The molecule has 0 unspecified atom stereocenters. The molecule has 1 N–H and O–H groups in total. The van der Waals surface area contributed by atoms with E-state index in [9.17, 15) is 0 Å². The lowest BCUT2D eigenvalue weighted by Gasteiger charge is -2.43. The molecule has 1 nitrogen and oxygen atoms in total. The van der Waals surface area contributed by atoms with E-state index in [0.717, 1.165) is 10.9 Å². The summed E-state index contributed by atoms with van der Waals surface area (Å²) >= 11 is 5.96. The highest BCUT2D eigenvalue weighted by molar-refractivity contribution is 6.30. The number of rotatable bonds is 5. The van der Waals surface area contributed by atoms with E-state index < -0.39 is 0 Å². The van der Waals surface area contributed by atoms with Gasteiger partial charge in [-0.15, -0.1) is 12.4 Å². The third kappa shape index (κ3) is 3.01. The Kier molecular flexibility index (Phi) is 4.58. The SMILES string of the molecule is Cl.Clc1ccc(C2(NCCC3CC3)CCC2)cc1. The molecule has 0 spiro atoms. The van der Waals surface area contributed by atoms with E-state index in [4.69, 9.17) is 11.6 Å². The van der Waals surface area contributed by atoms with Gasteiger partial charge in [-0.2, -0.15) is 0 Å². The molecule has 0 atom stereocenters. The zero-order valence-corrected chi connectivity index (χ0v) is 12.2. The average molecular weight is 286 g/mol. The van der Waals surface area contributed by atoms with Gasteiger partial charge >= 0.3 is 0 Å². The summed E-state index contributed by atoms with van der Waals surface area (Å²) in [5.74, 6) is 1.02. The normalized spacial score (nSPS) is 20.9. The Morgan fingerprint density at radius 2 is 1.83 bits per heavy atom. The Morgan fingerprint density at radius 3 is 2.33 bits per heavy atom. The maximum atomic E-state index is 5.96. The van der Waals surface area contributed by atoms with Gasteiger partial charge in [0.25, 0.3) is 0 Å². The van der Waals surface area contributed by atoms with Gasteiger partial charge in [0, 0.05) is 10.6 Å². The van der Waals surface area contributed by atoms with Gasteiger partial charge < -0.3 is 5.32 Å². The van der Waals surface area contributed by atoms with Crippen LogP contribution < -0.4 is 5.32 Å². The molecule has 0 aromatic heterocycles. The van der Waals surface area contributed by atoms with Crippen molar-refractivity contribution in [1.82, 2.24) is 5.32 Å². The second-order valence-electron chi connectivity index (χ2n) is 5.60. The third-order valence-electron chi connectivity index (χ3n) is 4.32. The van der Waals surface area contributed by atoms with Gasteiger partial charge in [-0.05, 0) is 55.8 Å². The molecule has 1 aromatic carbocycles. The van der Waals surface area contributed by atoms with Crippen LogP contribution in [0.1, 0.15) is 44.1 Å². The van der Waals surface area contributed by atoms with Crippen LogP contribution in [0.15, 0.2) is 24.3 Å². The number of hydrogen-bond acceptors (Lipinski definition) is 1. The highest BCUT2D eigenvalue weighted by atomic mass is 35.5. The van der Waals surface area contributed by atoms with Crippen molar-refractivity contribution in [3.05, 3.63) is 34.9 Å². The topological polar surface area (TPSA) is 12.0 Å². The summed E-state index contributed by atoms with van der Waals surface area (Å²) in [5, 5.41) is 4.63. The van der Waals surface area contributed by atoms with Crippen molar-refractivity contribution < 1.29 is 0 Å². The number of halogens is 2. The Balaban J connectivity index is 0.00000120. The molecule has 0 heterocycles. The van der Waals surface area contributed by atoms with Crippen LogP contribution in [-0.2, 0) is 5.54 Å². The average Bonchev–Trinajstić information content (AvgIpc) is 3.08. The molecule has 2 aliphatic rings. The van der Waals surface area contributed by atoms with E-state index >= 15 is 0 Å². The molecule has 1 aromatic rings. The molecule has 100 valence electrons. The summed E-state index contributed by atoms with van der Waals surface area (Å²) in [6, 6.07) is 8.40. The Morgan fingerprint density at radius 1 is 1.17 bits per heavy atom. The van der Waals surface area contributed by atoms with Crippen LogP contribution in [0.25, 0.3) is 0 Å². The highest BCUT2D eigenvalue weighted by Gasteiger charge is 2.38. The van der Waals surface area contributed by atoms with Crippen LogP contribution in [0.2, 0.25) is 5.02 Å². The lowest BCUT2D eigenvalue weighted by Crippen LogP contribution is -2.48. The van der Waals surface area contributed by atoms with E-state index in [0.29, 0.717) is 0 Å². The van der Waals surface area contributed by atoms with Crippen molar-refractivity contribution in [3.63, 3.8) is 0 Å². The minimum Gasteiger partial charge on any atom is -0.307 e. The molecule has 0 radical (unpaired) electrons. The fraction of sp³-hybridized carbons (Fsp3) is 0.600. The lowest BCUT2D eigenvalue weighted by molar-refractivity contribution is 0.184. The van der Waals surface area contributed by atoms with Crippen molar-refractivity contribution in [3.8, 4) is 0 Å². The van der Waals surface area contributed by atoms with Crippen LogP contribution in [0.3, 0.4) is 0 Å². The largest absolute Gasteiger partial charge is 0.307 e. The minimum atomic E-state index is 0. The summed E-state index contributed by atoms with van der Waals surface area (Å²) in [5.41, 5.74) is 1.68. The molecule has 0 aliphatic heterocycles. The minimum absolute atomic E-state index is 0. The van der Waals surface area contributed by atoms with Crippen molar-refractivity contribution in [2.75, 3.05) is 6.54 Å². The molecule has 2 saturated carbocycles. The third-order valence-corrected chi connectivity index (χ3v) is 4.57. The molecule has 0 saturated heterocycles. The maximum Gasteiger partial charge on any atom is 0.0434 e. The molecule has 3 heteroatoms. The van der Waals surface area contributed by atoms with Gasteiger partial charge in [-0.25, -0.2) is 0 Å². The fourth-order valence-corrected chi connectivity index (χ4v) is 2.91. The molecular weight excluding hydrogens is 265 g/mol. The standard InChI is InChI=1S/C15H20ClN.ClH/c16-14-6-4-13(5-7-14)15(9-1-10-15)17-11-8-12-2-3-12;/h4-7,12,17H,1-3,8-11H2;1H. The summed E-state index contributed by atoms with van der Waals surface area (Å²) in [7, 11) is 0. The summed E-state index contributed by atoms with van der Waals surface area (Å²) < 4.78 is 0. The molecule has 2 fully saturated rings. The Labute approximate surface area is 121 Å². The first kappa shape index (κ1) is 14.2. The van der Waals surface area contributed by atoms with Gasteiger partial charge in [0.1, 0.15) is 0 Å². The van der Waals surface area contributed by atoms with Crippen LogP contribution in [0.5, 0.6) is 0 Å². The van der Waals surface area contributed by atoms with Crippen LogP contribution >= 0.6 is 24.0 Å². The highest BCUT2D eigenvalue weighted by Crippen LogP contribution is 2.42. The van der Waals surface area contributed by atoms with Crippen LogP contribution in [-0.4, -0.2) is 6.54 Å². The monoisotopic (exact) mass is 285 g/mol. The van der Waals surface area contributed by atoms with Crippen molar-refractivity contribution in [1.29, 1.82) is 0 Å². The van der Waals surface area contributed by atoms with E-state index in [2.05, 4.69) is 17.4 Å². The first-order valence-electron chi connectivity index (χ1n) is 6.80. The zero-order valence-electron chi connectivity index (χ0n) is 10.6. The molecule has 18 heavy (non-hydrogen) atoms. The molecular formula is C15H21Cl2N. The summed E-state index contributed by atoms with van der Waals surface area (Å²) in [4.78, 5) is 0. The van der Waals surface area contributed by atoms with E-state index in [1.807, 2.05) is 12.1 Å². The first-order chi connectivity index (χ1) is 8.28. The van der Waals surface area contributed by atoms with Crippen molar-refractivity contribution in [2.24, 2.45) is 5.92 Å². The van der Waals surface area contributed by atoms with Gasteiger partial charge in [0.15, 0.2) is 0 Å². The molecule has 3 rings (SSSR count). The Hall–Kier alpha value is -0.240. The zero-order chi connectivity index (χ0) is 11.7. The van der Waals surface area contributed by atoms with Crippen LogP contribution in [0, 0.1) is 5.92 Å². The second-order valence-corrected chi connectivity index (χ2v) is 6.04. The second kappa shape index (κ2) is 5.81. The quantitative estimate of drug-likeness (QED) is 0.838. The molecule has 0 bridgehead atoms. The maximum absolute atomic E-state index is 5.96. The number of nitrogens with one attached hydrogen (secondary N) is 1. The summed E-state index contributed by atoms with van der Waals surface area (Å²) in [6.07, 6.45) is 8.16.